The van der Waals surface area contributed by atoms with Gasteiger partial charge in [-0.05, 0) is 0 Å². The molecular formula is C39H44ClN5Se4. The van der Waals surface area contributed by atoms with Crippen LogP contribution in [0, 0.1) is 27.7 Å². The van der Waals surface area contributed by atoms with Crippen molar-refractivity contribution in [3.8, 4) is 0 Å². The van der Waals surface area contributed by atoms with Crippen LogP contribution >= 0.6 is 11.6 Å². The summed E-state index contributed by atoms with van der Waals surface area (Å²) in [4.78, 5) is 19.3. The average molecular weight is 934 g/mol. The Hall–Kier alpha value is -2.14. The van der Waals surface area contributed by atoms with Gasteiger partial charge in [0.05, 0.1) is 0 Å². The Morgan fingerprint density at radius 1 is 0.408 bits per heavy atom. The van der Waals surface area contributed by atoms with Crippen LogP contribution in [0.15, 0.2) is 97.1 Å². The maximum atomic E-state index is 6.72. The first-order valence-electron chi connectivity index (χ1n) is 16.5. The molecule has 0 aliphatic carbocycles. The average Bonchev–Trinajstić information content (AvgIpc) is 3.10. The number of anilines is 2. The maximum absolute atomic E-state index is 6.72. The molecule has 0 saturated heterocycles. The summed E-state index contributed by atoms with van der Waals surface area (Å²) in [5.74, 6) is 1.40. The molecule has 5 rings (SSSR count). The molecule has 0 radical (unpaired) electrons. The number of nitrogens with zero attached hydrogens (tertiary/aromatic N) is 5. The van der Waals surface area contributed by atoms with Gasteiger partial charge in [0.15, 0.2) is 0 Å². The van der Waals surface area contributed by atoms with Gasteiger partial charge >= 0.3 is 326 Å². The van der Waals surface area contributed by atoms with Crippen LogP contribution in [0.4, 0.5) is 11.9 Å². The van der Waals surface area contributed by atoms with E-state index in [0.717, 1.165) is 47.5 Å². The van der Waals surface area contributed by atoms with Crippen LogP contribution in [0.1, 0.15) is 22.3 Å². The van der Waals surface area contributed by atoms with E-state index < -0.39 is 0 Å². The number of halogens is 1. The molecule has 0 aliphatic heterocycles. The predicted molar refractivity (Wildman–Crippen MR) is 215 cm³/mol. The molecule has 0 saturated carbocycles. The molecule has 0 N–H and O–H groups in total. The van der Waals surface area contributed by atoms with E-state index in [1.807, 2.05) is 0 Å². The van der Waals surface area contributed by atoms with Crippen molar-refractivity contribution < 1.29 is 0 Å². The van der Waals surface area contributed by atoms with E-state index in [4.69, 9.17) is 26.6 Å². The summed E-state index contributed by atoms with van der Waals surface area (Å²) < 4.78 is 5.70. The molecule has 0 fully saturated rings. The third-order valence-corrected chi connectivity index (χ3v) is 16.2. The number of rotatable bonds is 18. The first kappa shape index (κ1) is 38.1. The minimum absolute atomic E-state index is 0.274. The zero-order valence-electron chi connectivity index (χ0n) is 28.6. The molecule has 49 heavy (non-hydrogen) atoms. The van der Waals surface area contributed by atoms with Gasteiger partial charge in [-0.15, -0.1) is 0 Å². The van der Waals surface area contributed by atoms with E-state index in [-0.39, 0.29) is 5.28 Å². The summed E-state index contributed by atoms with van der Waals surface area (Å²) in [6, 6.07) is 35.9. The number of hydrogen-bond acceptors (Lipinski definition) is 5. The van der Waals surface area contributed by atoms with Gasteiger partial charge in [-0.2, -0.15) is 0 Å². The van der Waals surface area contributed by atoms with Gasteiger partial charge in [-0.25, -0.2) is 0 Å². The Kier molecular flexibility index (Phi) is 15.6. The molecule has 4 aromatic carbocycles. The second-order valence-corrected chi connectivity index (χ2v) is 22.0. The summed E-state index contributed by atoms with van der Waals surface area (Å²) in [6.07, 6.45) is 0. The zero-order valence-corrected chi connectivity index (χ0v) is 36.2. The van der Waals surface area contributed by atoms with Crippen molar-refractivity contribution in [1.29, 1.82) is 0 Å². The van der Waals surface area contributed by atoms with E-state index in [1.54, 1.807) is 0 Å². The summed E-state index contributed by atoms with van der Waals surface area (Å²) >= 11 is 8.20. The van der Waals surface area contributed by atoms with Crippen LogP contribution in [0.25, 0.3) is 0 Å². The van der Waals surface area contributed by atoms with Crippen LogP contribution in [0.3, 0.4) is 0 Å². The van der Waals surface area contributed by atoms with E-state index in [2.05, 4.69) is 135 Å². The molecule has 0 bridgehead atoms. The topological polar surface area (TPSA) is 45.2 Å². The van der Waals surface area contributed by atoms with Crippen molar-refractivity contribution in [3.63, 3.8) is 0 Å². The van der Waals surface area contributed by atoms with E-state index in [1.165, 1.54) is 40.1 Å². The van der Waals surface area contributed by atoms with E-state index in [9.17, 15) is 0 Å². The molecule has 5 aromatic rings. The van der Waals surface area contributed by atoms with Crippen LogP contribution < -0.4 is 27.6 Å². The summed E-state index contributed by atoms with van der Waals surface area (Å²) in [5.41, 5.74) is 5.21. The molecule has 5 nitrogen and oxygen atoms in total. The van der Waals surface area contributed by atoms with Gasteiger partial charge in [0.2, 0.25) is 0 Å². The van der Waals surface area contributed by atoms with Crippen molar-refractivity contribution in [2.45, 2.75) is 49.0 Å². The zero-order chi connectivity index (χ0) is 34.4. The number of aromatic nitrogens is 3. The fourth-order valence-corrected chi connectivity index (χ4v) is 12.4. The second kappa shape index (κ2) is 20.0. The van der Waals surface area contributed by atoms with Crippen molar-refractivity contribution in [1.82, 2.24) is 15.0 Å². The van der Waals surface area contributed by atoms with Crippen molar-refractivity contribution in [2.75, 3.05) is 36.0 Å². The molecule has 1 heterocycles. The van der Waals surface area contributed by atoms with Gasteiger partial charge in [-0.3, -0.25) is 0 Å². The quantitative estimate of drug-likeness (QED) is 0.114. The van der Waals surface area contributed by atoms with Crippen molar-refractivity contribution >= 4 is 101 Å². The van der Waals surface area contributed by atoms with Gasteiger partial charge in [-0.1, -0.05) is 0 Å². The van der Waals surface area contributed by atoms with Crippen LogP contribution in [-0.4, -0.2) is 101 Å². The monoisotopic (exact) mass is 937 g/mol. The van der Waals surface area contributed by atoms with Crippen molar-refractivity contribution in [2.24, 2.45) is 0 Å². The van der Waals surface area contributed by atoms with Gasteiger partial charge < -0.3 is 0 Å². The number of benzene rings is 4. The Morgan fingerprint density at radius 2 is 0.653 bits per heavy atom. The first-order chi connectivity index (χ1) is 23.8. The minimum atomic E-state index is 0.274. The standard InChI is InChI=1S/C39H44ClN5Se4/c1-29-5-13-33(14-6-29)46-25-21-44(22-26-47-34-15-7-30(2)8-16-34)38-41-37(40)42-39(43-38)45(23-27-48-35-17-9-31(3)10-18-35)24-28-49-36-19-11-32(4)12-20-36/h5-20H,21-28H2,1-4H3. The molecule has 1 aromatic heterocycles. The van der Waals surface area contributed by atoms with E-state index in [0.29, 0.717) is 71.7 Å². The Bertz CT molecular complexity index is 1490. The van der Waals surface area contributed by atoms with Crippen LogP contribution in [0.2, 0.25) is 26.6 Å². The summed E-state index contributed by atoms with van der Waals surface area (Å²) in [6.45, 7) is 12.2. The number of hydrogen-bond donors (Lipinski definition) is 0. The molecule has 0 unspecified atom stereocenters. The molecule has 256 valence electrons. The fraction of sp³-hybridized carbons (Fsp3) is 0.308. The first-order valence-corrected chi connectivity index (χ1v) is 25.1. The van der Waals surface area contributed by atoms with E-state index >= 15 is 0 Å². The van der Waals surface area contributed by atoms with Crippen LogP contribution in [0.5, 0.6) is 0 Å². The molecule has 0 amide bonds. The summed E-state index contributed by atoms with van der Waals surface area (Å²) in [7, 11) is 0. The fourth-order valence-electron chi connectivity index (χ4n) is 4.87. The molecule has 0 aliphatic rings. The SMILES string of the molecule is Cc1ccc([Se]CCN(CC[Se]c2ccc(C)cc2)c2nc(Cl)nc(N(CC[Se]c3ccc(C)cc3)CC[Se]c3ccc(C)cc3)n2)cc1. The third-order valence-electron chi connectivity index (χ3n) is 7.75. The Morgan fingerprint density at radius 3 is 0.898 bits per heavy atom. The molecule has 10 heteroatoms. The van der Waals surface area contributed by atoms with Gasteiger partial charge in [0.25, 0.3) is 0 Å². The molecule has 0 atom stereocenters. The summed E-state index contributed by atoms with van der Waals surface area (Å²) in [5, 5.41) is 4.58. The molecule has 0 spiro atoms. The third kappa shape index (κ3) is 13.2. The Labute approximate surface area is 323 Å². The normalized spacial score (nSPS) is 11.1. The number of aryl methyl sites for hydroxylation is 4. The van der Waals surface area contributed by atoms with Gasteiger partial charge in [0.1, 0.15) is 0 Å². The van der Waals surface area contributed by atoms with Crippen LogP contribution in [-0.2, 0) is 0 Å². The molecular weight excluding hydrogens is 890 g/mol. The Balaban J connectivity index is 1.32. The van der Waals surface area contributed by atoms with Gasteiger partial charge in [0, 0.05) is 0 Å². The predicted octanol–water partition coefficient (Wildman–Crippen LogP) is 5.16. The second-order valence-electron chi connectivity index (χ2n) is 11.8. The van der Waals surface area contributed by atoms with Crippen molar-refractivity contribution in [3.05, 3.63) is 125 Å².